The van der Waals surface area contributed by atoms with Crippen molar-refractivity contribution in [1.29, 1.82) is 0 Å². The molecule has 16 heteroatoms. The number of nitrogens with zero attached hydrogens (tertiary/aromatic N) is 4. The van der Waals surface area contributed by atoms with E-state index in [-0.39, 0.29) is 43.5 Å². The van der Waals surface area contributed by atoms with E-state index in [1.54, 1.807) is 34.6 Å². The molecule has 3 rings (SSSR count). The van der Waals surface area contributed by atoms with Crippen molar-refractivity contribution >= 4 is 11.7 Å². The fourth-order valence-electron chi connectivity index (χ4n) is 8.47. The molecule has 0 aromatic rings. The molecule has 6 N–H and O–H groups in total. The molecule has 0 bridgehead atoms. The fourth-order valence-corrected chi connectivity index (χ4v) is 8.47. The molecule has 17 atom stereocenters. The first kappa shape index (κ1) is 44.3. The van der Waals surface area contributed by atoms with Crippen molar-refractivity contribution in [3.05, 3.63) is 10.4 Å². The Morgan fingerprint density at radius 2 is 1.56 bits per heavy atom. The number of hydrogen-bond donors (Lipinski definition) is 6. The van der Waals surface area contributed by atoms with Crippen molar-refractivity contribution in [2.45, 2.75) is 174 Å². The number of carbonyl (C=O) groups is 1. The number of oxime groups is 1. The molecule has 0 aromatic heterocycles. The number of cyclic esters (lactones) is 1. The van der Waals surface area contributed by atoms with Gasteiger partial charge in [-0.05, 0) is 70.7 Å². The van der Waals surface area contributed by atoms with Crippen molar-refractivity contribution < 1.29 is 59.2 Å². The lowest BCUT2D eigenvalue weighted by Gasteiger charge is -2.48. The second-order valence-corrected chi connectivity index (χ2v) is 16.8. The van der Waals surface area contributed by atoms with Crippen LogP contribution in [0.4, 0.5) is 0 Å². The Kier molecular flexibility index (Phi) is 15.0. The summed E-state index contributed by atoms with van der Waals surface area (Å²) in [6, 6.07) is 0. The summed E-state index contributed by atoms with van der Waals surface area (Å²) in [6.07, 6.45) is -9.48. The van der Waals surface area contributed by atoms with Gasteiger partial charge in [0.1, 0.15) is 17.8 Å². The van der Waals surface area contributed by atoms with E-state index in [1.807, 2.05) is 27.7 Å². The predicted octanol–water partition coefficient (Wildman–Crippen LogP) is 3.66. The zero-order valence-electron chi connectivity index (χ0n) is 32.6. The van der Waals surface area contributed by atoms with Crippen LogP contribution < -0.4 is 0 Å². The summed E-state index contributed by atoms with van der Waals surface area (Å²) in [5, 5.41) is 75.1. The van der Waals surface area contributed by atoms with Gasteiger partial charge >= 0.3 is 5.97 Å². The molecular formula is C36H64N4O12. The van der Waals surface area contributed by atoms with Crippen LogP contribution in [0.25, 0.3) is 10.4 Å². The van der Waals surface area contributed by atoms with Gasteiger partial charge in [0.05, 0.1) is 53.9 Å². The van der Waals surface area contributed by atoms with Crippen LogP contribution in [0.1, 0.15) is 102 Å². The molecule has 3 aliphatic heterocycles. The van der Waals surface area contributed by atoms with E-state index < -0.39 is 102 Å². The van der Waals surface area contributed by atoms with Crippen molar-refractivity contribution in [2.75, 3.05) is 6.54 Å². The molecule has 3 aliphatic rings. The second-order valence-electron chi connectivity index (χ2n) is 16.8. The monoisotopic (exact) mass is 744 g/mol. The van der Waals surface area contributed by atoms with Gasteiger partial charge in [0.15, 0.2) is 12.6 Å². The number of carbonyl (C=O) groups excluding carboxylic acids is 1. The van der Waals surface area contributed by atoms with Crippen molar-refractivity contribution in [3.63, 3.8) is 0 Å². The Bertz CT molecular complexity index is 1280. The summed E-state index contributed by atoms with van der Waals surface area (Å²) in [4.78, 5) is 17.0. The lowest BCUT2D eigenvalue weighted by atomic mass is 9.73. The SMILES string of the molecule is CC1CC(C)C(O)C(O[C@@H]2[C@@H](C)[C@H](OC3CC(C)(C)C(O)C(C)O3)[C@@H](C)C(=O)O[C@H](CCN=[N+]=[N-])[C@@](C)(O)[C@H](O)[C@@H](C)/C(=N/O)[C@H](C)C[C@@]2(C)O)O1. The van der Waals surface area contributed by atoms with Crippen LogP contribution in [0.5, 0.6) is 0 Å². The standard InChI is InChI=1S/C36H64N4O12/c1-17-14-19(3)48-33(27(17)41)52-31-21(5)28(51-25-16-34(8,9)30(43)23(7)49-25)22(6)32(44)50-24(12-13-38-40-37)36(11,46)29(42)20(4)26(39-47)18(2)15-35(31,10)45/h17-25,27-31,33,41-43,45-47H,12-16H2,1-11H3/b39-26+/t17?,18-,19?,20+,21+,22-,23?,24-,25?,27?,28+,29-,30?,31-,33?,35-,36-/m1/s1. The molecular weight excluding hydrogens is 680 g/mol. The van der Waals surface area contributed by atoms with Crippen LogP contribution in [0.15, 0.2) is 10.3 Å². The minimum atomic E-state index is -2.13. The quantitative estimate of drug-likeness (QED) is 0.0546. The van der Waals surface area contributed by atoms with Crippen molar-refractivity contribution in [3.8, 4) is 0 Å². The molecule has 300 valence electrons. The van der Waals surface area contributed by atoms with Gasteiger partial charge < -0.3 is 54.4 Å². The molecule has 0 saturated carbocycles. The number of rotatable bonds is 7. The molecule has 52 heavy (non-hydrogen) atoms. The van der Waals surface area contributed by atoms with Crippen LogP contribution in [0.2, 0.25) is 0 Å². The minimum Gasteiger partial charge on any atom is -0.459 e. The summed E-state index contributed by atoms with van der Waals surface area (Å²) in [5.41, 5.74) is 4.47. The molecule has 0 spiro atoms. The predicted molar refractivity (Wildman–Crippen MR) is 189 cm³/mol. The smallest absolute Gasteiger partial charge is 0.311 e. The normalized spacial score (nSPS) is 47.6. The number of azide groups is 1. The highest BCUT2D eigenvalue weighted by molar-refractivity contribution is 5.88. The summed E-state index contributed by atoms with van der Waals surface area (Å²) in [5.74, 6) is -4.69. The molecule has 16 nitrogen and oxygen atoms in total. The van der Waals surface area contributed by atoms with Crippen molar-refractivity contribution in [1.82, 2.24) is 0 Å². The van der Waals surface area contributed by atoms with Crippen LogP contribution in [0, 0.1) is 35.0 Å². The average Bonchev–Trinajstić information content (AvgIpc) is 3.04. The Hall–Kier alpha value is -2.11. The van der Waals surface area contributed by atoms with Crippen LogP contribution >= 0.6 is 0 Å². The highest BCUT2D eigenvalue weighted by Crippen LogP contribution is 2.42. The molecule has 7 unspecified atom stereocenters. The molecule has 0 aliphatic carbocycles. The van der Waals surface area contributed by atoms with E-state index in [1.165, 1.54) is 13.8 Å². The lowest BCUT2D eigenvalue weighted by Crippen LogP contribution is -2.59. The van der Waals surface area contributed by atoms with E-state index in [0.29, 0.717) is 6.42 Å². The van der Waals surface area contributed by atoms with Gasteiger partial charge in [0, 0.05) is 35.6 Å². The molecule has 0 radical (unpaired) electrons. The summed E-state index contributed by atoms with van der Waals surface area (Å²) >= 11 is 0. The van der Waals surface area contributed by atoms with E-state index in [9.17, 15) is 35.5 Å². The van der Waals surface area contributed by atoms with Gasteiger partial charge in [-0.1, -0.05) is 51.8 Å². The van der Waals surface area contributed by atoms with E-state index >= 15 is 0 Å². The summed E-state index contributed by atoms with van der Waals surface area (Å²) < 4.78 is 31.3. The Morgan fingerprint density at radius 3 is 2.13 bits per heavy atom. The van der Waals surface area contributed by atoms with Crippen LogP contribution in [-0.2, 0) is 28.5 Å². The highest BCUT2D eigenvalue weighted by Gasteiger charge is 2.52. The minimum absolute atomic E-state index is 0.0550. The average molecular weight is 745 g/mol. The van der Waals surface area contributed by atoms with Crippen molar-refractivity contribution in [2.24, 2.45) is 45.3 Å². The Labute approximate surface area is 307 Å². The van der Waals surface area contributed by atoms with Gasteiger partial charge in [0.2, 0.25) is 0 Å². The van der Waals surface area contributed by atoms with Crippen LogP contribution in [0.3, 0.4) is 0 Å². The molecule has 0 amide bonds. The number of hydrogen-bond acceptors (Lipinski definition) is 14. The fraction of sp³-hybridized carbons (Fsp3) is 0.944. The van der Waals surface area contributed by atoms with Gasteiger partial charge in [-0.25, -0.2) is 0 Å². The first-order valence-electron chi connectivity index (χ1n) is 18.5. The maximum absolute atomic E-state index is 14.2. The molecule has 3 heterocycles. The summed E-state index contributed by atoms with van der Waals surface area (Å²) in [6.45, 7) is 18.4. The lowest BCUT2D eigenvalue weighted by molar-refractivity contribution is -0.312. The largest absolute Gasteiger partial charge is 0.459 e. The number of esters is 1. The molecule has 3 fully saturated rings. The molecule has 0 aromatic carbocycles. The second kappa shape index (κ2) is 17.6. The van der Waals surface area contributed by atoms with Gasteiger partial charge in [0.25, 0.3) is 0 Å². The number of ether oxygens (including phenoxy) is 5. The zero-order valence-corrected chi connectivity index (χ0v) is 32.6. The maximum Gasteiger partial charge on any atom is 0.311 e. The van der Waals surface area contributed by atoms with Gasteiger partial charge in [-0.15, -0.1) is 0 Å². The maximum atomic E-state index is 14.2. The van der Waals surface area contributed by atoms with Gasteiger partial charge in [-0.3, -0.25) is 4.79 Å². The first-order valence-corrected chi connectivity index (χ1v) is 18.5. The highest BCUT2D eigenvalue weighted by atomic mass is 16.7. The Balaban J connectivity index is 2.21. The number of aliphatic hydroxyl groups excluding tert-OH is 3. The zero-order chi connectivity index (χ0) is 39.5. The number of aliphatic hydroxyl groups is 5. The third-order valence-electron chi connectivity index (χ3n) is 11.6. The third-order valence-corrected chi connectivity index (χ3v) is 11.6. The third kappa shape index (κ3) is 9.95. The van der Waals surface area contributed by atoms with Gasteiger partial charge in [-0.2, -0.15) is 0 Å². The Morgan fingerprint density at radius 1 is 0.923 bits per heavy atom. The van der Waals surface area contributed by atoms with E-state index in [4.69, 9.17) is 29.2 Å². The van der Waals surface area contributed by atoms with E-state index in [2.05, 4.69) is 15.2 Å². The molecule has 3 saturated heterocycles. The van der Waals surface area contributed by atoms with Crippen LogP contribution in [-0.4, -0.2) is 122 Å². The summed E-state index contributed by atoms with van der Waals surface area (Å²) in [7, 11) is 0. The first-order chi connectivity index (χ1) is 24.0. The topological polar surface area (TPSA) is 246 Å². The van der Waals surface area contributed by atoms with E-state index in [0.717, 1.165) is 0 Å².